The average molecular weight is 355 g/mol. The number of hydrogen-bond donors (Lipinski definition) is 1. The molecule has 2 heterocycles. The maximum Gasteiger partial charge on any atom is 0.387 e. The predicted molar refractivity (Wildman–Crippen MR) is 85.4 cm³/mol. The standard InChI is InChI=1S/C14H20F2N2O2S.ClH/c1-17-6-2-10-3-7-18(8-4-10)13(19)12-11(5-9-21-12)20-14(15)16;/h5,9-10,14,17H,2-4,6-8H2,1H3;1H. The van der Waals surface area contributed by atoms with Crippen molar-refractivity contribution < 1.29 is 18.3 Å². The first-order valence-electron chi connectivity index (χ1n) is 7.08. The van der Waals surface area contributed by atoms with E-state index in [-0.39, 0.29) is 28.9 Å². The molecule has 4 nitrogen and oxygen atoms in total. The number of rotatable bonds is 6. The zero-order chi connectivity index (χ0) is 15.2. The highest BCUT2D eigenvalue weighted by Crippen LogP contribution is 2.29. The summed E-state index contributed by atoms with van der Waals surface area (Å²) in [6.45, 7) is -0.563. The van der Waals surface area contributed by atoms with Crippen molar-refractivity contribution in [1.82, 2.24) is 10.2 Å². The van der Waals surface area contributed by atoms with E-state index < -0.39 is 6.61 Å². The van der Waals surface area contributed by atoms with Crippen LogP contribution in [0.5, 0.6) is 5.75 Å². The summed E-state index contributed by atoms with van der Waals surface area (Å²) in [6, 6.07) is 1.42. The number of carbonyl (C=O) groups excluding carboxylic acids is 1. The van der Waals surface area contributed by atoms with Gasteiger partial charge in [-0.2, -0.15) is 8.78 Å². The first-order valence-corrected chi connectivity index (χ1v) is 7.96. The van der Waals surface area contributed by atoms with Crippen LogP contribution in [0, 0.1) is 5.92 Å². The fourth-order valence-corrected chi connectivity index (χ4v) is 3.35. The van der Waals surface area contributed by atoms with Crippen LogP contribution in [0.3, 0.4) is 0 Å². The van der Waals surface area contributed by atoms with E-state index in [2.05, 4.69) is 10.1 Å². The lowest BCUT2D eigenvalue weighted by atomic mass is 9.93. The molecule has 0 radical (unpaired) electrons. The molecule has 0 aromatic carbocycles. The van der Waals surface area contributed by atoms with Gasteiger partial charge in [-0.05, 0) is 50.2 Å². The third kappa shape index (κ3) is 5.07. The molecule has 1 N–H and O–H groups in total. The Morgan fingerprint density at radius 1 is 1.50 bits per heavy atom. The first kappa shape index (κ1) is 19.1. The number of ether oxygens (including phenoxy) is 1. The van der Waals surface area contributed by atoms with Gasteiger partial charge in [0.1, 0.15) is 10.6 Å². The van der Waals surface area contributed by atoms with Crippen LogP contribution in [0.15, 0.2) is 11.4 Å². The molecule has 0 spiro atoms. The summed E-state index contributed by atoms with van der Waals surface area (Å²) in [5.74, 6) is 0.409. The fraction of sp³-hybridized carbons (Fsp3) is 0.643. The molecule has 1 fully saturated rings. The maximum atomic E-state index is 12.4. The highest BCUT2D eigenvalue weighted by Gasteiger charge is 2.26. The van der Waals surface area contributed by atoms with E-state index in [0.29, 0.717) is 19.0 Å². The Balaban J connectivity index is 0.00000242. The largest absolute Gasteiger partial charge is 0.433 e. The van der Waals surface area contributed by atoms with E-state index in [4.69, 9.17) is 0 Å². The van der Waals surface area contributed by atoms with E-state index >= 15 is 0 Å². The molecule has 0 unspecified atom stereocenters. The van der Waals surface area contributed by atoms with Crippen molar-refractivity contribution in [3.8, 4) is 5.75 Å². The van der Waals surface area contributed by atoms with E-state index in [1.165, 1.54) is 6.07 Å². The van der Waals surface area contributed by atoms with Gasteiger partial charge in [0, 0.05) is 13.1 Å². The number of amides is 1. The number of nitrogens with one attached hydrogen (secondary N) is 1. The summed E-state index contributed by atoms with van der Waals surface area (Å²) in [5, 5.41) is 4.73. The Bertz CT molecular complexity index is 465. The number of hydrogen-bond acceptors (Lipinski definition) is 4. The van der Waals surface area contributed by atoms with Crippen molar-refractivity contribution in [2.75, 3.05) is 26.7 Å². The Kier molecular flexibility index (Phi) is 8.06. The Morgan fingerprint density at radius 2 is 2.18 bits per heavy atom. The molecule has 0 saturated carbocycles. The van der Waals surface area contributed by atoms with Crippen molar-refractivity contribution in [3.63, 3.8) is 0 Å². The first-order chi connectivity index (χ1) is 10.1. The number of carbonyl (C=O) groups is 1. The molecule has 1 amide bonds. The number of likely N-dealkylation sites (tertiary alicyclic amines) is 1. The molecule has 1 aromatic rings. The predicted octanol–water partition coefficient (Wildman–Crippen LogP) is 3.23. The number of piperidine rings is 1. The molecule has 0 bridgehead atoms. The maximum absolute atomic E-state index is 12.4. The van der Waals surface area contributed by atoms with Crippen LogP contribution in [0.2, 0.25) is 0 Å². The average Bonchev–Trinajstić information content (AvgIpc) is 2.92. The third-order valence-corrected chi connectivity index (χ3v) is 4.63. The SMILES string of the molecule is CNCCC1CCN(C(=O)c2sccc2OC(F)F)CC1.Cl. The van der Waals surface area contributed by atoms with Gasteiger partial charge < -0.3 is 15.0 Å². The van der Waals surface area contributed by atoms with Crippen molar-refractivity contribution in [1.29, 1.82) is 0 Å². The summed E-state index contributed by atoms with van der Waals surface area (Å²) in [7, 11) is 1.93. The Morgan fingerprint density at radius 3 is 2.77 bits per heavy atom. The minimum Gasteiger partial charge on any atom is -0.433 e. The topological polar surface area (TPSA) is 41.6 Å². The highest BCUT2D eigenvalue weighted by atomic mass is 35.5. The van der Waals surface area contributed by atoms with Crippen LogP contribution >= 0.6 is 23.7 Å². The van der Waals surface area contributed by atoms with Crippen LogP contribution in [0.4, 0.5) is 8.78 Å². The summed E-state index contributed by atoms with van der Waals surface area (Å²) in [4.78, 5) is 14.4. The molecular formula is C14H21ClF2N2O2S. The van der Waals surface area contributed by atoms with Gasteiger partial charge in [0.25, 0.3) is 5.91 Å². The second-order valence-electron chi connectivity index (χ2n) is 5.12. The fourth-order valence-electron chi connectivity index (χ4n) is 2.56. The third-order valence-electron chi connectivity index (χ3n) is 3.74. The molecule has 126 valence electrons. The lowest BCUT2D eigenvalue weighted by Crippen LogP contribution is -2.38. The van der Waals surface area contributed by atoms with Crippen LogP contribution in [0.25, 0.3) is 0 Å². The van der Waals surface area contributed by atoms with E-state index in [1.807, 2.05) is 7.05 Å². The quantitative estimate of drug-likeness (QED) is 0.852. The molecule has 22 heavy (non-hydrogen) atoms. The van der Waals surface area contributed by atoms with Crippen LogP contribution in [-0.2, 0) is 0 Å². The zero-order valence-electron chi connectivity index (χ0n) is 12.4. The normalized spacial score (nSPS) is 15.7. The molecule has 1 aromatic heterocycles. The van der Waals surface area contributed by atoms with Crippen molar-refractivity contribution in [2.45, 2.75) is 25.9 Å². The molecule has 1 aliphatic heterocycles. The second kappa shape index (κ2) is 9.27. The highest BCUT2D eigenvalue weighted by molar-refractivity contribution is 7.12. The monoisotopic (exact) mass is 354 g/mol. The van der Waals surface area contributed by atoms with Gasteiger partial charge in [-0.3, -0.25) is 4.79 Å². The molecule has 1 saturated heterocycles. The van der Waals surface area contributed by atoms with Crippen molar-refractivity contribution in [3.05, 3.63) is 16.3 Å². The van der Waals surface area contributed by atoms with Crippen LogP contribution < -0.4 is 10.1 Å². The van der Waals surface area contributed by atoms with Gasteiger partial charge in [0.2, 0.25) is 0 Å². The van der Waals surface area contributed by atoms with Gasteiger partial charge in [0.15, 0.2) is 0 Å². The van der Waals surface area contributed by atoms with Gasteiger partial charge in [-0.25, -0.2) is 0 Å². The lowest BCUT2D eigenvalue weighted by molar-refractivity contribution is -0.0499. The lowest BCUT2D eigenvalue weighted by Gasteiger charge is -2.32. The summed E-state index contributed by atoms with van der Waals surface area (Å²) >= 11 is 1.15. The number of thiophene rings is 1. The Hall–Kier alpha value is -0.920. The smallest absolute Gasteiger partial charge is 0.387 e. The Labute approximate surface area is 139 Å². The summed E-state index contributed by atoms with van der Waals surface area (Å²) < 4.78 is 29.0. The summed E-state index contributed by atoms with van der Waals surface area (Å²) in [5.41, 5.74) is 0. The molecule has 1 aliphatic rings. The number of halogens is 3. The number of alkyl halides is 2. The van der Waals surface area contributed by atoms with E-state index in [0.717, 1.165) is 37.1 Å². The molecule has 8 heteroatoms. The van der Waals surface area contributed by atoms with Crippen LogP contribution in [0.1, 0.15) is 28.9 Å². The van der Waals surface area contributed by atoms with Crippen LogP contribution in [-0.4, -0.2) is 44.1 Å². The zero-order valence-corrected chi connectivity index (χ0v) is 14.0. The van der Waals surface area contributed by atoms with E-state index in [9.17, 15) is 13.6 Å². The minimum absolute atomic E-state index is 0. The van der Waals surface area contributed by atoms with Gasteiger partial charge in [-0.15, -0.1) is 23.7 Å². The van der Waals surface area contributed by atoms with Crippen molar-refractivity contribution in [2.24, 2.45) is 5.92 Å². The van der Waals surface area contributed by atoms with Crippen molar-refractivity contribution >= 4 is 29.7 Å². The van der Waals surface area contributed by atoms with Gasteiger partial charge in [-0.1, -0.05) is 0 Å². The number of nitrogens with zero attached hydrogens (tertiary/aromatic N) is 1. The second-order valence-corrected chi connectivity index (χ2v) is 6.04. The molecule has 0 atom stereocenters. The molecule has 2 rings (SSSR count). The summed E-state index contributed by atoms with van der Waals surface area (Å²) in [6.07, 6.45) is 3.03. The molecule has 0 aliphatic carbocycles. The van der Waals surface area contributed by atoms with Gasteiger partial charge >= 0.3 is 6.61 Å². The van der Waals surface area contributed by atoms with Gasteiger partial charge in [0.05, 0.1) is 0 Å². The minimum atomic E-state index is -2.90. The van der Waals surface area contributed by atoms with E-state index in [1.54, 1.807) is 10.3 Å². The molecular weight excluding hydrogens is 334 g/mol.